The molecule has 6 nitrogen and oxygen atoms in total. The molecule has 1 aromatic heterocycles. The van der Waals surface area contributed by atoms with Crippen LogP contribution in [0.1, 0.15) is 10.4 Å². The van der Waals surface area contributed by atoms with Crippen molar-refractivity contribution in [3.63, 3.8) is 0 Å². The minimum absolute atomic E-state index is 0.0000227. The number of nitrogens with one attached hydrogen (secondary N) is 1. The van der Waals surface area contributed by atoms with Crippen molar-refractivity contribution in [1.82, 2.24) is 4.98 Å². The van der Waals surface area contributed by atoms with Crippen LogP contribution in [0, 0.1) is 0 Å². The van der Waals surface area contributed by atoms with Gasteiger partial charge in [-0.05, 0) is 34.1 Å². The standard InChI is InChI=1S/C12H9BrN2O4S/c13-8-5-9(7-14-6-8)20(18,19)15-11-4-2-1-3-10(11)12(16)17/h1-7,15H,(H,16,17). The van der Waals surface area contributed by atoms with Crippen LogP contribution in [-0.2, 0) is 10.0 Å². The highest BCUT2D eigenvalue weighted by atomic mass is 79.9. The molecule has 0 aliphatic carbocycles. The summed E-state index contributed by atoms with van der Waals surface area (Å²) in [5.41, 5.74) is -0.126. The van der Waals surface area contributed by atoms with Gasteiger partial charge in [-0.15, -0.1) is 0 Å². The van der Waals surface area contributed by atoms with Gasteiger partial charge < -0.3 is 5.11 Å². The average molecular weight is 357 g/mol. The quantitative estimate of drug-likeness (QED) is 0.876. The van der Waals surface area contributed by atoms with Gasteiger partial charge in [0.05, 0.1) is 11.3 Å². The lowest BCUT2D eigenvalue weighted by Gasteiger charge is -2.10. The summed E-state index contributed by atoms with van der Waals surface area (Å²) in [6.07, 6.45) is 2.63. The third-order valence-electron chi connectivity index (χ3n) is 2.39. The van der Waals surface area contributed by atoms with Gasteiger partial charge in [-0.2, -0.15) is 0 Å². The molecule has 1 heterocycles. The molecule has 0 bridgehead atoms. The maximum absolute atomic E-state index is 12.2. The van der Waals surface area contributed by atoms with Gasteiger partial charge in [0.2, 0.25) is 0 Å². The number of aromatic carboxylic acids is 1. The van der Waals surface area contributed by atoms with Gasteiger partial charge in [0, 0.05) is 16.9 Å². The number of para-hydroxylation sites is 1. The van der Waals surface area contributed by atoms with Crippen molar-refractivity contribution >= 4 is 37.6 Å². The van der Waals surface area contributed by atoms with Crippen LogP contribution in [0.15, 0.2) is 52.1 Å². The zero-order valence-electron chi connectivity index (χ0n) is 9.95. The summed E-state index contributed by atoms with van der Waals surface area (Å²) < 4.78 is 27.1. The molecule has 0 radical (unpaired) electrons. The summed E-state index contributed by atoms with van der Waals surface area (Å²) in [6, 6.07) is 7.13. The van der Waals surface area contributed by atoms with E-state index >= 15 is 0 Å². The van der Waals surface area contributed by atoms with Gasteiger partial charge in [-0.25, -0.2) is 13.2 Å². The van der Waals surface area contributed by atoms with Gasteiger partial charge >= 0.3 is 5.97 Å². The first kappa shape index (κ1) is 14.5. The number of aromatic nitrogens is 1. The molecule has 104 valence electrons. The Hall–Kier alpha value is -1.93. The first-order valence-electron chi connectivity index (χ1n) is 5.36. The maximum atomic E-state index is 12.2. The number of pyridine rings is 1. The zero-order valence-corrected chi connectivity index (χ0v) is 12.3. The number of sulfonamides is 1. The Bertz CT molecular complexity index is 762. The Morgan fingerprint density at radius 1 is 1.25 bits per heavy atom. The fourth-order valence-corrected chi connectivity index (χ4v) is 3.09. The highest BCUT2D eigenvalue weighted by Gasteiger charge is 2.18. The summed E-state index contributed by atoms with van der Waals surface area (Å²) in [7, 11) is -3.90. The maximum Gasteiger partial charge on any atom is 0.337 e. The van der Waals surface area contributed by atoms with E-state index in [1.807, 2.05) is 0 Å². The summed E-state index contributed by atoms with van der Waals surface area (Å²) in [5, 5.41) is 9.02. The largest absolute Gasteiger partial charge is 0.478 e. The minimum atomic E-state index is -3.90. The van der Waals surface area contributed by atoms with Crippen LogP contribution >= 0.6 is 15.9 Å². The molecule has 8 heteroatoms. The first-order valence-corrected chi connectivity index (χ1v) is 7.63. The Kier molecular flexibility index (Phi) is 4.05. The normalized spacial score (nSPS) is 11.1. The highest BCUT2D eigenvalue weighted by molar-refractivity contribution is 9.10. The lowest BCUT2D eigenvalue weighted by atomic mass is 10.2. The SMILES string of the molecule is O=C(O)c1ccccc1NS(=O)(=O)c1cncc(Br)c1. The van der Waals surface area contributed by atoms with Crippen molar-refractivity contribution in [2.45, 2.75) is 4.90 Å². The predicted molar refractivity (Wildman–Crippen MR) is 76.1 cm³/mol. The van der Waals surface area contributed by atoms with Crippen LogP contribution in [0.2, 0.25) is 0 Å². The second-order valence-electron chi connectivity index (χ2n) is 3.80. The van der Waals surface area contributed by atoms with E-state index in [2.05, 4.69) is 25.6 Å². The molecule has 0 amide bonds. The second-order valence-corrected chi connectivity index (χ2v) is 6.39. The highest BCUT2D eigenvalue weighted by Crippen LogP contribution is 2.21. The summed E-state index contributed by atoms with van der Waals surface area (Å²) >= 11 is 3.13. The molecule has 20 heavy (non-hydrogen) atoms. The number of hydrogen-bond acceptors (Lipinski definition) is 4. The van der Waals surface area contributed by atoms with Crippen molar-refractivity contribution in [3.8, 4) is 0 Å². The average Bonchev–Trinajstić information content (AvgIpc) is 2.38. The molecular weight excluding hydrogens is 348 g/mol. The summed E-state index contributed by atoms with van der Waals surface area (Å²) in [5.74, 6) is -1.21. The van der Waals surface area contributed by atoms with Crippen LogP contribution in [-0.4, -0.2) is 24.5 Å². The number of halogens is 1. The summed E-state index contributed by atoms with van der Waals surface area (Å²) in [4.78, 5) is 14.7. The molecule has 2 N–H and O–H groups in total. The molecule has 0 aliphatic rings. The number of carboxylic acid groups (broad SMARTS) is 1. The van der Waals surface area contributed by atoms with Crippen molar-refractivity contribution < 1.29 is 18.3 Å². The second kappa shape index (κ2) is 5.59. The van der Waals surface area contributed by atoms with Crippen molar-refractivity contribution in [2.24, 2.45) is 0 Å². The van der Waals surface area contributed by atoms with Crippen LogP contribution in [0.25, 0.3) is 0 Å². The van der Waals surface area contributed by atoms with Gasteiger partial charge in [0.25, 0.3) is 10.0 Å². The number of carbonyl (C=O) groups is 1. The van der Waals surface area contributed by atoms with Gasteiger partial charge in [0.15, 0.2) is 0 Å². The Labute approximate surface area is 123 Å². The van der Waals surface area contributed by atoms with E-state index in [4.69, 9.17) is 5.11 Å². The zero-order chi connectivity index (χ0) is 14.8. The fraction of sp³-hybridized carbons (Fsp3) is 0. The third kappa shape index (κ3) is 3.14. The number of hydrogen-bond donors (Lipinski definition) is 2. The molecule has 2 rings (SSSR count). The molecule has 1 aromatic carbocycles. The Morgan fingerprint density at radius 2 is 1.95 bits per heavy atom. The van der Waals surface area contributed by atoms with Gasteiger partial charge in [-0.3, -0.25) is 9.71 Å². The number of rotatable bonds is 4. The lowest BCUT2D eigenvalue weighted by molar-refractivity contribution is 0.0698. The Morgan fingerprint density at radius 3 is 2.60 bits per heavy atom. The van der Waals surface area contributed by atoms with Crippen LogP contribution < -0.4 is 4.72 Å². The predicted octanol–water partition coefficient (Wildman–Crippen LogP) is 2.34. The molecule has 0 atom stereocenters. The fourth-order valence-electron chi connectivity index (χ4n) is 1.50. The van der Waals surface area contributed by atoms with Crippen LogP contribution in [0.3, 0.4) is 0 Å². The first-order chi connectivity index (χ1) is 9.40. The molecular formula is C12H9BrN2O4S. The number of benzene rings is 1. The van der Waals surface area contributed by atoms with E-state index in [1.54, 1.807) is 6.07 Å². The van der Waals surface area contributed by atoms with Crippen LogP contribution in [0.5, 0.6) is 0 Å². The van der Waals surface area contributed by atoms with Crippen molar-refractivity contribution in [3.05, 3.63) is 52.8 Å². The number of anilines is 1. The lowest BCUT2D eigenvalue weighted by Crippen LogP contribution is -2.15. The van der Waals surface area contributed by atoms with Crippen molar-refractivity contribution in [2.75, 3.05) is 4.72 Å². The van der Waals surface area contributed by atoms with Gasteiger partial charge in [0.1, 0.15) is 4.90 Å². The minimum Gasteiger partial charge on any atom is -0.478 e. The van der Waals surface area contributed by atoms with E-state index in [9.17, 15) is 13.2 Å². The number of nitrogens with zero attached hydrogens (tertiary/aromatic N) is 1. The topological polar surface area (TPSA) is 96.4 Å². The van der Waals surface area contributed by atoms with E-state index in [-0.39, 0.29) is 16.1 Å². The van der Waals surface area contributed by atoms with E-state index in [1.165, 1.54) is 36.7 Å². The molecule has 0 saturated carbocycles. The van der Waals surface area contributed by atoms with Crippen LogP contribution in [0.4, 0.5) is 5.69 Å². The van der Waals surface area contributed by atoms with E-state index in [0.29, 0.717) is 4.47 Å². The van der Waals surface area contributed by atoms with E-state index in [0.717, 1.165) is 0 Å². The van der Waals surface area contributed by atoms with Gasteiger partial charge in [-0.1, -0.05) is 12.1 Å². The Balaban J connectivity index is 2.41. The smallest absolute Gasteiger partial charge is 0.337 e. The number of carboxylic acids is 1. The molecule has 0 unspecified atom stereocenters. The molecule has 0 saturated heterocycles. The monoisotopic (exact) mass is 356 g/mol. The van der Waals surface area contributed by atoms with Crippen molar-refractivity contribution in [1.29, 1.82) is 0 Å². The molecule has 0 spiro atoms. The summed E-state index contributed by atoms with van der Waals surface area (Å²) in [6.45, 7) is 0. The van der Waals surface area contributed by atoms with E-state index < -0.39 is 16.0 Å². The molecule has 2 aromatic rings. The third-order valence-corrected chi connectivity index (χ3v) is 4.16. The molecule has 0 fully saturated rings. The molecule has 0 aliphatic heterocycles.